The average Bonchev–Trinajstić information content (AvgIpc) is 2.58. The maximum Gasteiger partial charge on any atom is 0.156 e. The Morgan fingerprint density at radius 2 is 1.85 bits per heavy atom. The minimum atomic E-state index is 0. The molecule has 150 valence electrons. The second-order valence-electron chi connectivity index (χ2n) is 6.97. The molecule has 3 N–H and O–H groups in total. The number of hydrogen-bond donors (Lipinski definition) is 2. The van der Waals surface area contributed by atoms with Crippen LogP contribution < -0.4 is 11.1 Å². The van der Waals surface area contributed by atoms with Crippen LogP contribution in [0.1, 0.15) is 47.8 Å². The number of ether oxygens (including phenoxy) is 1. The molecule has 1 fully saturated rings. The monoisotopic (exact) mass is 412 g/mol. The van der Waals surface area contributed by atoms with Crippen LogP contribution in [0.4, 0.5) is 5.82 Å². The second kappa shape index (κ2) is 11.4. The summed E-state index contributed by atoms with van der Waals surface area (Å²) in [7, 11) is 1.67. The molecule has 0 bridgehead atoms. The number of anilines is 1. The Balaban J connectivity index is 0.00000182. The van der Waals surface area contributed by atoms with Gasteiger partial charge in [-0.05, 0) is 38.2 Å². The quantitative estimate of drug-likeness (QED) is 0.640. The van der Waals surface area contributed by atoms with Crippen molar-refractivity contribution in [2.75, 3.05) is 19.0 Å². The molecular weight excluding hydrogens is 383 g/mol. The molecule has 1 heterocycles. The first-order valence-electron chi connectivity index (χ1n) is 9.06. The highest BCUT2D eigenvalue weighted by Crippen LogP contribution is 2.35. The average molecular weight is 413 g/mol. The van der Waals surface area contributed by atoms with Gasteiger partial charge in [0.05, 0.1) is 0 Å². The molecular formula is C20H30Cl2N4O. The predicted molar refractivity (Wildman–Crippen MR) is 115 cm³/mol. The third kappa shape index (κ3) is 6.92. The van der Waals surface area contributed by atoms with E-state index in [-0.39, 0.29) is 24.8 Å². The molecule has 5 nitrogen and oxygen atoms in total. The van der Waals surface area contributed by atoms with Gasteiger partial charge in [0, 0.05) is 37.4 Å². The number of benzene rings is 1. The van der Waals surface area contributed by atoms with E-state index < -0.39 is 0 Å². The number of nitrogens with one attached hydrogen (secondary N) is 1. The highest BCUT2D eigenvalue weighted by atomic mass is 35.5. The Morgan fingerprint density at radius 3 is 2.48 bits per heavy atom. The standard InChI is InChI=1S/C20H28N4O.2ClH/c1-14-5-7-15(8-6-14)4-3-9-22-19-12-18(16-10-17(21)11-16)23-20(24-19)13-25-2;;/h5-8,12,16-17H,3-4,9-11,13,21H2,1-2H3,(H,22,23,24);2*1H. The van der Waals surface area contributed by atoms with E-state index in [0.29, 0.717) is 18.6 Å². The van der Waals surface area contributed by atoms with Gasteiger partial charge in [-0.1, -0.05) is 29.8 Å². The van der Waals surface area contributed by atoms with E-state index in [1.54, 1.807) is 7.11 Å². The summed E-state index contributed by atoms with van der Waals surface area (Å²) >= 11 is 0. The second-order valence-corrected chi connectivity index (χ2v) is 6.97. The zero-order valence-corrected chi connectivity index (χ0v) is 17.6. The molecule has 7 heteroatoms. The molecule has 0 aliphatic heterocycles. The van der Waals surface area contributed by atoms with Gasteiger partial charge in [-0.25, -0.2) is 9.97 Å². The van der Waals surface area contributed by atoms with Gasteiger partial charge >= 0.3 is 0 Å². The van der Waals surface area contributed by atoms with E-state index in [2.05, 4.69) is 52.5 Å². The van der Waals surface area contributed by atoms with E-state index in [9.17, 15) is 0 Å². The molecule has 2 aromatic rings. The van der Waals surface area contributed by atoms with Crippen LogP contribution in [0.3, 0.4) is 0 Å². The van der Waals surface area contributed by atoms with E-state index in [4.69, 9.17) is 10.5 Å². The van der Waals surface area contributed by atoms with Crippen molar-refractivity contribution in [3.05, 3.63) is 53.0 Å². The fraction of sp³-hybridized carbons (Fsp3) is 0.500. The van der Waals surface area contributed by atoms with Crippen LogP contribution in [-0.4, -0.2) is 29.7 Å². The first kappa shape index (κ1) is 23.6. The van der Waals surface area contributed by atoms with E-state index in [1.807, 2.05) is 0 Å². The van der Waals surface area contributed by atoms with Crippen molar-refractivity contribution >= 4 is 30.6 Å². The Labute approximate surface area is 174 Å². The summed E-state index contributed by atoms with van der Waals surface area (Å²) in [6, 6.07) is 11.1. The number of hydrogen-bond acceptors (Lipinski definition) is 5. The van der Waals surface area contributed by atoms with Crippen molar-refractivity contribution in [2.45, 2.75) is 51.2 Å². The summed E-state index contributed by atoms with van der Waals surface area (Å²) in [5, 5.41) is 3.44. The molecule has 27 heavy (non-hydrogen) atoms. The number of nitrogens with two attached hydrogens (primary N) is 1. The number of nitrogens with zero attached hydrogens (tertiary/aromatic N) is 2. The molecule has 1 saturated carbocycles. The van der Waals surface area contributed by atoms with Crippen LogP contribution in [0.5, 0.6) is 0 Å². The van der Waals surface area contributed by atoms with Gasteiger partial charge in [0.15, 0.2) is 5.82 Å². The van der Waals surface area contributed by atoms with E-state index >= 15 is 0 Å². The van der Waals surface area contributed by atoms with Crippen LogP contribution in [0.15, 0.2) is 30.3 Å². The first-order valence-corrected chi connectivity index (χ1v) is 9.06. The molecule has 0 unspecified atom stereocenters. The van der Waals surface area contributed by atoms with Crippen molar-refractivity contribution in [3.8, 4) is 0 Å². The number of methoxy groups -OCH3 is 1. The number of aryl methyl sites for hydroxylation is 2. The molecule has 0 saturated heterocycles. The van der Waals surface area contributed by atoms with Gasteiger partial charge in [-0.3, -0.25) is 0 Å². The largest absolute Gasteiger partial charge is 0.377 e. The van der Waals surface area contributed by atoms with Crippen molar-refractivity contribution < 1.29 is 4.74 Å². The van der Waals surface area contributed by atoms with Gasteiger partial charge in [0.1, 0.15) is 12.4 Å². The van der Waals surface area contributed by atoms with Gasteiger partial charge in [0.25, 0.3) is 0 Å². The smallest absolute Gasteiger partial charge is 0.156 e. The molecule has 0 amide bonds. The van der Waals surface area contributed by atoms with Crippen LogP contribution in [0, 0.1) is 6.92 Å². The highest BCUT2D eigenvalue weighted by Gasteiger charge is 2.29. The molecule has 0 spiro atoms. The lowest BCUT2D eigenvalue weighted by Gasteiger charge is -2.32. The predicted octanol–water partition coefficient (Wildman–Crippen LogP) is 4.02. The normalized spacial score (nSPS) is 18.0. The lowest BCUT2D eigenvalue weighted by molar-refractivity contribution is 0.177. The molecule has 0 radical (unpaired) electrons. The van der Waals surface area contributed by atoms with Crippen molar-refractivity contribution in [1.82, 2.24) is 9.97 Å². The topological polar surface area (TPSA) is 73.1 Å². The van der Waals surface area contributed by atoms with Crippen LogP contribution in [-0.2, 0) is 17.8 Å². The SMILES string of the molecule is COCc1nc(NCCCc2ccc(C)cc2)cc(C2CC(N)C2)n1.Cl.Cl. The molecule has 1 aliphatic carbocycles. The van der Waals surface area contributed by atoms with Crippen LogP contribution in [0.2, 0.25) is 0 Å². The van der Waals surface area contributed by atoms with Gasteiger partial charge in [-0.15, -0.1) is 24.8 Å². The summed E-state index contributed by atoms with van der Waals surface area (Å²) < 4.78 is 5.21. The maximum atomic E-state index is 5.92. The third-order valence-corrected chi connectivity index (χ3v) is 4.73. The Hall–Kier alpha value is -1.40. The molecule has 0 atom stereocenters. The molecule has 1 aromatic carbocycles. The van der Waals surface area contributed by atoms with Crippen molar-refractivity contribution in [2.24, 2.45) is 5.73 Å². The fourth-order valence-corrected chi connectivity index (χ4v) is 3.18. The van der Waals surface area contributed by atoms with E-state index in [0.717, 1.165) is 49.6 Å². The summed E-state index contributed by atoms with van der Waals surface area (Å²) in [5.74, 6) is 2.09. The summed E-state index contributed by atoms with van der Waals surface area (Å²) in [4.78, 5) is 9.19. The number of halogens is 2. The van der Waals surface area contributed by atoms with Gasteiger partial charge in [0.2, 0.25) is 0 Å². The lowest BCUT2D eigenvalue weighted by atomic mass is 9.78. The van der Waals surface area contributed by atoms with Crippen molar-refractivity contribution in [1.29, 1.82) is 0 Å². The number of rotatable bonds is 8. The summed E-state index contributed by atoms with van der Waals surface area (Å²) in [5.41, 5.74) is 9.68. The van der Waals surface area contributed by atoms with Crippen molar-refractivity contribution in [3.63, 3.8) is 0 Å². The van der Waals surface area contributed by atoms with Crippen LogP contribution >= 0.6 is 24.8 Å². The zero-order chi connectivity index (χ0) is 17.6. The van der Waals surface area contributed by atoms with E-state index in [1.165, 1.54) is 11.1 Å². The molecule has 1 aromatic heterocycles. The summed E-state index contributed by atoms with van der Waals surface area (Å²) in [6.07, 6.45) is 4.15. The zero-order valence-electron chi connectivity index (χ0n) is 16.0. The maximum absolute atomic E-state index is 5.92. The molecule has 1 aliphatic rings. The molecule has 3 rings (SSSR count). The minimum Gasteiger partial charge on any atom is -0.377 e. The van der Waals surface area contributed by atoms with Gasteiger partial charge in [-0.2, -0.15) is 0 Å². The summed E-state index contributed by atoms with van der Waals surface area (Å²) in [6.45, 7) is 3.44. The Bertz CT molecular complexity index is 691. The third-order valence-electron chi connectivity index (χ3n) is 4.73. The minimum absolute atomic E-state index is 0. The Morgan fingerprint density at radius 1 is 1.15 bits per heavy atom. The fourth-order valence-electron chi connectivity index (χ4n) is 3.18. The highest BCUT2D eigenvalue weighted by molar-refractivity contribution is 5.85. The van der Waals surface area contributed by atoms with Gasteiger partial charge < -0.3 is 15.8 Å². The number of aromatic nitrogens is 2. The Kier molecular flexibility index (Phi) is 10.0. The lowest BCUT2D eigenvalue weighted by Crippen LogP contribution is -2.35. The van der Waals surface area contributed by atoms with Crippen LogP contribution in [0.25, 0.3) is 0 Å². The first-order chi connectivity index (χ1) is 12.1.